The molecule has 0 unspecified atom stereocenters. The lowest BCUT2D eigenvalue weighted by molar-refractivity contribution is 0.102. The van der Waals surface area contributed by atoms with E-state index < -0.39 is 0 Å². The number of halogens is 1. The number of nitrogens with zero attached hydrogens (tertiary/aromatic N) is 2. The van der Waals surface area contributed by atoms with Gasteiger partial charge in [0, 0.05) is 12.1 Å². The standard InChI is InChI=1S/C14H15ClN2O2/c1-4-17-12(7-9(2)16-17)14(18)10-5-6-11(15)13(8-10)19-3/h5-8H,4H2,1-3H3. The van der Waals surface area contributed by atoms with Gasteiger partial charge in [0.1, 0.15) is 11.4 Å². The molecule has 0 spiro atoms. The van der Waals surface area contributed by atoms with Crippen molar-refractivity contribution in [3.63, 3.8) is 0 Å². The molecule has 1 heterocycles. The number of aromatic nitrogens is 2. The molecule has 0 aliphatic rings. The van der Waals surface area contributed by atoms with E-state index in [2.05, 4.69) is 5.10 Å². The van der Waals surface area contributed by atoms with E-state index in [0.29, 0.717) is 28.6 Å². The van der Waals surface area contributed by atoms with Gasteiger partial charge in [0.15, 0.2) is 0 Å². The number of rotatable bonds is 4. The summed E-state index contributed by atoms with van der Waals surface area (Å²) in [6.07, 6.45) is 0. The minimum Gasteiger partial charge on any atom is -0.495 e. The van der Waals surface area contributed by atoms with Crippen LogP contribution >= 0.6 is 11.6 Å². The number of ether oxygens (including phenoxy) is 1. The van der Waals surface area contributed by atoms with Gasteiger partial charge in [0.2, 0.25) is 5.78 Å². The van der Waals surface area contributed by atoms with E-state index in [0.717, 1.165) is 5.69 Å². The van der Waals surface area contributed by atoms with Crippen molar-refractivity contribution in [3.05, 3.63) is 46.2 Å². The van der Waals surface area contributed by atoms with Gasteiger partial charge in [0.05, 0.1) is 17.8 Å². The summed E-state index contributed by atoms with van der Waals surface area (Å²) in [6.45, 7) is 4.47. The van der Waals surface area contributed by atoms with Crippen LogP contribution in [0.5, 0.6) is 5.75 Å². The van der Waals surface area contributed by atoms with Gasteiger partial charge in [-0.05, 0) is 38.1 Å². The Morgan fingerprint density at radius 2 is 2.16 bits per heavy atom. The van der Waals surface area contributed by atoms with Crippen LogP contribution in [0.2, 0.25) is 5.02 Å². The van der Waals surface area contributed by atoms with E-state index in [1.54, 1.807) is 28.9 Å². The number of aryl methyl sites for hydroxylation is 2. The molecule has 2 rings (SSSR count). The Kier molecular flexibility index (Phi) is 3.90. The second-order valence-corrected chi connectivity index (χ2v) is 4.57. The molecule has 0 amide bonds. The number of hydrogen-bond acceptors (Lipinski definition) is 3. The summed E-state index contributed by atoms with van der Waals surface area (Å²) >= 11 is 5.96. The molecule has 2 aromatic rings. The van der Waals surface area contributed by atoms with Crippen LogP contribution in [0.25, 0.3) is 0 Å². The third-order valence-corrected chi connectivity index (χ3v) is 3.16. The number of ketones is 1. The van der Waals surface area contributed by atoms with Crippen molar-refractivity contribution in [2.75, 3.05) is 7.11 Å². The summed E-state index contributed by atoms with van der Waals surface area (Å²) < 4.78 is 6.82. The van der Waals surface area contributed by atoms with Gasteiger partial charge in [-0.1, -0.05) is 11.6 Å². The Bertz CT molecular complexity index is 620. The molecule has 0 fully saturated rings. The molecule has 0 saturated heterocycles. The molecule has 1 aromatic heterocycles. The van der Waals surface area contributed by atoms with Gasteiger partial charge in [-0.3, -0.25) is 9.48 Å². The Morgan fingerprint density at radius 1 is 1.42 bits per heavy atom. The Hall–Kier alpha value is -1.81. The summed E-state index contributed by atoms with van der Waals surface area (Å²) in [5.41, 5.74) is 1.94. The Labute approximate surface area is 116 Å². The van der Waals surface area contributed by atoms with E-state index in [1.807, 2.05) is 13.8 Å². The van der Waals surface area contributed by atoms with Crippen molar-refractivity contribution in [2.45, 2.75) is 20.4 Å². The number of hydrogen-bond donors (Lipinski definition) is 0. The summed E-state index contributed by atoms with van der Waals surface area (Å²) in [7, 11) is 1.52. The lowest BCUT2D eigenvalue weighted by Crippen LogP contribution is -2.10. The molecule has 4 nitrogen and oxygen atoms in total. The van der Waals surface area contributed by atoms with Crippen molar-refractivity contribution < 1.29 is 9.53 Å². The van der Waals surface area contributed by atoms with E-state index in [9.17, 15) is 4.79 Å². The molecule has 5 heteroatoms. The smallest absolute Gasteiger partial charge is 0.211 e. The predicted molar refractivity (Wildman–Crippen MR) is 74.1 cm³/mol. The molecule has 0 atom stereocenters. The van der Waals surface area contributed by atoms with Gasteiger partial charge >= 0.3 is 0 Å². The van der Waals surface area contributed by atoms with Crippen molar-refractivity contribution in [1.82, 2.24) is 9.78 Å². The van der Waals surface area contributed by atoms with Gasteiger partial charge in [-0.2, -0.15) is 5.10 Å². The third-order valence-electron chi connectivity index (χ3n) is 2.85. The first-order chi connectivity index (χ1) is 9.06. The highest BCUT2D eigenvalue weighted by Crippen LogP contribution is 2.26. The summed E-state index contributed by atoms with van der Waals surface area (Å²) in [5.74, 6) is 0.407. The highest BCUT2D eigenvalue weighted by Gasteiger charge is 2.16. The van der Waals surface area contributed by atoms with Crippen molar-refractivity contribution in [3.8, 4) is 5.75 Å². The average molecular weight is 279 g/mol. The monoisotopic (exact) mass is 278 g/mol. The van der Waals surface area contributed by atoms with Crippen molar-refractivity contribution in [2.24, 2.45) is 0 Å². The summed E-state index contributed by atoms with van der Waals surface area (Å²) in [5, 5.41) is 4.76. The van der Waals surface area contributed by atoms with E-state index in [-0.39, 0.29) is 5.78 Å². The molecule has 0 bridgehead atoms. The summed E-state index contributed by atoms with van der Waals surface area (Å²) in [4.78, 5) is 12.5. The largest absolute Gasteiger partial charge is 0.495 e. The zero-order chi connectivity index (χ0) is 14.0. The van der Waals surface area contributed by atoms with Crippen LogP contribution in [0, 0.1) is 6.92 Å². The second-order valence-electron chi connectivity index (χ2n) is 4.17. The maximum absolute atomic E-state index is 12.5. The first-order valence-corrected chi connectivity index (χ1v) is 6.37. The fourth-order valence-corrected chi connectivity index (χ4v) is 2.11. The molecule has 0 aliphatic carbocycles. The first-order valence-electron chi connectivity index (χ1n) is 5.99. The maximum atomic E-state index is 12.5. The molecular formula is C14H15ClN2O2. The van der Waals surface area contributed by atoms with Crippen LogP contribution in [0.3, 0.4) is 0 Å². The number of benzene rings is 1. The first kappa shape index (κ1) is 13.6. The topological polar surface area (TPSA) is 44.1 Å². The van der Waals surface area contributed by atoms with E-state index in [1.165, 1.54) is 7.11 Å². The molecule has 1 aromatic carbocycles. The molecule has 19 heavy (non-hydrogen) atoms. The molecule has 0 radical (unpaired) electrons. The zero-order valence-electron chi connectivity index (χ0n) is 11.1. The Balaban J connectivity index is 2.43. The molecule has 0 N–H and O–H groups in total. The maximum Gasteiger partial charge on any atom is 0.211 e. The molecule has 0 aliphatic heterocycles. The number of methoxy groups -OCH3 is 1. The lowest BCUT2D eigenvalue weighted by atomic mass is 10.1. The van der Waals surface area contributed by atoms with Crippen molar-refractivity contribution in [1.29, 1.82) is 0 Å². The minimum atomic E-state index is -0.0857. The number of carbonyl (C=O) groups is 1. The van der Waals surface area contributed by atoms with Crippen LogP contribution in [0.4, 0.5) is 0 Å². The fraction of sp³-hybridized carbons (Fsp3) is 0.286. The fourth-order valence-electron chi connectivity index (χ4n) is 1.92. The van der Waals surface area contributed by atoms with Crippen LogP contribution < -0.4 is 4.74 Å². The quantitative estimate of drug-likeness (QED) is 0.807. The molecular weight excluding hydrogens is 264 g/mol. The van der Waals surface area contributed by atoms with Gasteiger partial charge in [-0.15, -0.1) is 0 Å². The van der Waals surface area contributed by atoms with Crippen molar-refractivity contribution >= 4 is 17.4 Å². The highest BCUT2D eigenvalue weighted by molar-refractivity contribution is 6.32. The Morgan fingerprint density at radius 3 is 2.79 bits per heavy atom. The van der Waals surface area contributed by atoms with E-state index >= 15 is 0 Å². The number of carbonyl (C=O) groups excluding carboxylic acids is 1. The molecule has 100 valence electrons. The van der Waals surface area contributed by atoms with E-state index in [4.69, 9.17) is 16.3 Å². The highest BCUT2D eigenvalue weighted by atomic mass is 35.5. The van der Waals surface area contributed by atoms with Gasteiger partial charge in [-0.25, -0.2) is 0 Å². The lowest BCUT2D eigenvalue weighted by Gasteiger charge is -2.07. The van der Waals surface area contributed by atoms with Crippen LogP contribution in [-0.2, 0) is 6.54 Å². The minimum absolute atomic E-state index is 0.0857. The third kappa shape index (κ3) is 2.63. The van der Waals surface area contributed by atoms with Crippen LogP contribution in [0.1, 0.15) is 28.7 Å². The predicted octanol–water partition coefficient (Wildman–Crippen LogP) is 3.10. The average Bonchev–Trinajstić information content (AvgIpc) is 2.79. The van der Waals surface area contributed by atoms with Gasteiger partial charge in [0.25, 0.3) is 0 Å². The van der Waals surface area contributed by atoms with Crippen LogP contribution in [0.15, 0.2) is 24.3 Å². The van der Waals surface area contributed by atoms with Crippen LogP contribution in [-0.4, -0.2) is 22.7 Å². The normalized spacial score (nSPS) is 10.5. The summed E-state index contributed by atoms with van der Waals surface area (Å²) in [6, 6.07) is 6.78. The van der Waals surface area contributed by atoms with Gasteiger partial charge < -0.3 is 4.74 Å². The zero-order valence-corrected chi connectivity index (χ0v) is 11.9. The second kappa shape index (κ2) is 5.45. The SMILES string of the molecule is CCn1nc(C)cc1C(=O)c1ccc(Cl)c(OC)c1. The molecule has 0 saturated carbocycles.